The minimum atomic E-state index is -3.54. The summed E-state index contributed by atoms with van der Waals surface area (Å²) in [6.45, 7) is 6.19. The van der Waals surface area contributed by atoms with Crippen LogP contribution in [0.3, 0.4) is 0 Å². The molecule has 0 bridgehead atoms. The molecule has 7 heteroatoms. The van der Waals surface area contributed by atoms with Crippen molar-refractivity contribution < 1.29 is 22.0 Å². The van der Waals surface area contributed by atoms with Gasteiger partial charge in [0, 0.05) is 12.0 Å². The van der Waals surface area contributed by atoms with Crippen LogP contribution in [0, 0.1) is 12.3 Å². The summed E-state index contributed by atoms with van der Waals surface area (Å²) in [5.74, 6) is 1.38. The molecule has 0 saturated heterocycles. The summed E-state index contributed by atoms with van der Waals surface area (Å²) in [4.78, 5) is 13.0. The summed E-state index contributed by atoms with van der Waals surface area (Å²) < 4.78 is 36.5. The van der Waals surface area contributed by atoms with E-state index in [-0.39, 0.29) is 39.5 Å². The Balaban J connectivity index is 1.50. The summed E-state index contributed by atoms with van der Waals surface area (Å²) in [6, 6.07) is 13.0. The molecule has 1 amide bonds. The molecular formula is C23H25NO5S. The molecule has 0 saturated carbocycles. The second-order valence-corrected chi connectivity index (χ2v) is 10.6. The van der Waals surface area contributed by atoms with Gasteiger partial charge in [0.25, 0.3) is 5.91 Å². The molecule has 1 aliphatic rings. The number of nitrogens with one attached hydrogen (secondary N) is 1. The van der Waals surface area contributed by atoms with Crippen LogP contribution in [0.15, 0.2) is 62.3 Å². The number of hydrogen-bond acceptors (Lipinski definition) is 5. The van der Waals surface area contributed by atoms with Gasteiger partial charge in [0.1, 0.15) is 23.0 Å². The van der Waals surface area contributed by atoms with Crippen molar-refractivity contribution in [3.8, 4) is 0 Å². The van der Waals surface area contributed by atoms with Gasteiger partial charge in [0.15, 0.2) is 15.6 Å². The third-order valence-corrected chi connectivity index (χ3v) is 7.02. The first-order valence-electron chi connectivity index (χ1n) is 9.90. The molecule has 0 radical (unpaired) electrons. The van der Waals surface area contributed by atoms with Gasteiger partial charge in [-0.15, -0.1) is 0 Å². The number of furan rings is 2. The van der Waals surface area contributed by atoms with E-state index in [0.717, 1.165) is 29.9 Å². The van der Waals surface area contributed by atoms with E-state index in [9.17, 15) is 13.2 Å². The molecule has 1 N–H and O–H groups in total. The summed E-state index contributed by atoms with van der Waals surface area (Å²) in [7, 11) is -3.54. The molecule has 2 aromatic heterocycles. The fourth-order valence-electron chi connectivity index (χ4n) is 4.02. The second kappa shape index (κ2) is 7.47. The number of carbonyl (C=O) groups is 1. The summed E-state index contributed by atoms with van der Waals surface area (Å²) in [6.07, 6.45) is 1.60. The van der Waals surface area contributed by atoms with Gasteiger partial charge in [0.05, 0.1) is 10.9 Å². The lowest BCUT2D eigenvalue weighted by atomic mass is 9.74. The minimum absolute atomic E-state index is 0.00662. The maximum absolute atomic E-state index is 12.8. The van der Waals surface area contributed by atoms with Crippen molar-refractivity contribution >= 4 is 15.7 Å². The first-order chi connectivity index (χ1) is 14.1. The Bertz CT molecular complexity index is 1170. The van der Waals surface area contributed by atoms with Crippen LogP contribution < -0.4 is 5.32 Å². The molecule has 2 heterocycles. The van der Waals surface area contributed by atoms with Gasteiger partial charge in [-0.05, 0) is 49.1 Å². The van der Waals surface area contributed by atoms with Crippen LogP contribution in [0.5, 0.6) is 0 Å². The Morgan fingerprint density at radius 1 is 1.13 bits per heavy atom. The number of rotatable bonds is 5. The third-order valence-electron chi connectivity index (χ3n) is 5.36. The molecule has 4 rings (SSSR count). The Labute approximate surface area is 176 Å². The molecule has 0 aliphatic heterocycles. The van der Waals surface area contributed by atoms with Crippen LogP contribution in [-0.4, -0.2) is 14.3 Å². The Kier molecular flexibility index (Phi) is 5.10. The van der Waals surface area contributed by atoms with Crippen LogP contribution >= 0.6 is 0 Å². The first kappa shape index (κ1) is 20.5. The minimum Gasteiger partial charge on any atom is -0.466 e. The maximum atomic E-state index is 12.8. The van der Waals surface area contributed by atoms with Crippen LogP contribution in [-0.2, 0) is 22.0 Å². The predicted molar refractivity (Wildman–Crippen MR) is 112 cm³/mol. The van der Waals surface area contributed by atoms with Crippen LogP contribution in [0.1, 0.15) is 59.7 Å². The van der Waals surface area contributed by atoms with E-state index < -0.39 is 9.84 Å². The van der Waals surface area contributed by atoms with Crippen LogP contribution in [0.2, 0.25) is 0 Å². The second-order valence-electron chi connectivity index (χ2n) is 8.64. The summed E-state index contributed by atoms with van der Waals surface area (Å²) in [5, 5.41) is 3.03. The van der Waals surface area contributed by atoms with E-state index in [2.05, 4.69) is 19.2 Å². The molecule has 0 spiro atoms. The molecule has 0 fully saturated rings. The zero-order valence-electron chi connectivity index (χ0n) is 17.3. The van der Waals surface area contributed by atoms with E-state index in [0.29, 0.717) is 0 Å². The molecular weight excluding hydrogens is 402 g/mol. The standard InChI is InChI=1S/C23H25NO5S/c1-15-11-18-19(12-23(2,3)13-21(18)28-15)24-22(25)20-10-9-16(29-20)14-30(26,27)17-7-5-4-6-8-17/h4-11,19H,12-14H2,1-3H3,(H,24,25)/t19-/m1/s1. The SMILES string of the molecule is Cc1cc2c(o1)CC(C)(C)C[C@H]2NC(=O)c1ccc(CS(=O)(=O)c2ccccc2)o1. The highest BCUT2D eigenvalue weighted by Gasteiger charge is 2.36. The quantitative estimate of drug-likeness (QED) is 0.643. The zero-order valence-corrected chi connectivity index (χ0v) is 18.1. The average molecular weight is 428 g/mol. The summed E-state index contributed by atoms with van der Waals surface area (Å²) in [5.41, 5.74) is 0.992. The zero-order chi connectivity index (χ0) is 21.5. The van der Waals surface area contributed by atoms with Gasteiger partial charge < -0.3 is 14.2 Å². The van der Waals surface area contributed by atoms with E-state index in [1.54, 1.807) is 30.3 Å². The first-order valence-corrected chi connectivity index (χ1v) is 11.5. The Morgan fingerprint density at radius 2 is 1.87 bits per heavy atom. The van der Waals surface area contributed by atoms with Crippen molar-refractivity contribution in [1.29, 1.82) is 0 Å². The Morgan fingerprint density at radius 3 is 2.60 bits per heavy atom. The fraction of sp³-hybridized carbons (Fsp3) is 0.348. The van der Waals surface area contributed by atoms with Crippen molar-refractivity contribution in [2.45, 2.75) is 50.3 Å². The van der Waals surface area contributed by atoms with Gasteiger partial charge in [0.2, 0.25) is 0 Å². The lowest BCUT2D eigenvalue weighted by Crippen LogP contribution is -2.35. The lowest BCUT2D eigenvalue weighted by molar-refractivity contribution is 0.0887. The highest BCUT2D eigenvalue weighted by molar-refractivity contribution is 7.90. The number of benzene rings is 1. The number of hydrogen-bond donors (Lipinski definition) is 1. The molecule has 158 valence electrons. The number of aryl methyl sites for hydroxylation is 1. The van der Waals surface area contributed by atoms with Crippen LogP contribution in [0.25, 0.3) is 0 Å². The molecule has 6 nitrogen and oxygen atoms in total. The third kappa shape index (κ3) is 4.21. The number of sulfone groups is 1. The molecule has 30 heavy (non-hydrogen) atoms. The molecule has 1 aliphatic carbocycles. The summed E-state index contributed by atoms with van der Waals surface area (Å²) >= 11 is 0. The van der Waals surface area contributed by atoms with Gasteiger partial charge in [-0.2, -0.15) is 0 Å². The number of carbonyl (C=O) groups excluding carboxylic acids is 1. The van der Waals surface area contributed by atoms with Gasteiger partial charge >= 0.3 is 0 Å². The van der Waals surface area contributed by atoms with E-state index >= 15 is 0 Å². The van der Waals surface area contributed by atoms with Crippen molar-refractivity contribution in [1.82, 2.24) is 5.32 Å². The van der Waals surface area contributed by atoms with Gasteiger partial charge in [-0.3, -0.25) is 4.79 Å². The molecule has 0 unspecified atom stereocenters. The Hall–Kier alpha value is -2.80. The van der Waals surface area contributed by atoms with E-state index in [4.69, 9.17) is 8.83 Å². The topological polar surface area (TPSA) is 89.5 Å². The smallest absolute Gasteiger partial charge is 0.287 e. The van der Waals surface area contributed by atoms with Crippen LogP contribution in [0.4, 0.5) is 0 Å². The molecule has 1 atom stereocenters. The monoisotopic (exact) mass is 427 g/mol. The van der Waals surface area contributed by atoms with Gasteiger partial charge in [-0.25, -0.2) is 8.42 Å². The molecule has 1 aromatic carbocycles. The van der Waals surface area contributed by atoms with Crippen molar-refractivity contribution in [2.75, 3.05) is 0 Å². The lowest BCUT2D eigenvalue weighted by Gasteiger charge is -2.34. The predicted octanol–water partition coefficient (Wildman–Crippen LogP) is 4.60. The fourth-order valence-corrected chi connectivity index (χ4v) is 5.29. The van der Waals surface area contributed by atoms with Crippen molar-refractivity contribution in [3.05, 3.63) is 77.1 Å². The van der Waals surface area contributed by atoms with Gasteiger partial charge in [-0.1, -0.05) is 32.0 Å². The van der Waals surface area contributed by atoms with E-state index in [1.165, 1.54) is 12.1 Å². The van der Waals surface area contributed by atoms with Crippen molar-refractivity contribution in [3.63, 3.8) is 0 Å². The molecule has 3 aromatic rings. The highest BCUT2D eigenvalue weighted by atomic mass is 32.2. The normalized spacial score (nSPS) is 18.0. The highest BCUT2D eigenvalue weighted by Crippen LogP contribution is 2.42. The maximum Gasteiger partial charge on any atom is 0.287 e. The number of amides is 1. The van der Waals surface area contributed by atoms with E-state index in [1.807, 2.05) is 13.0 Å². The number of fused-ring (bicyclic) bond motifs is 1. The largest absolute Gasteiger partial charge is 0.466 e. The van der Waals surface area contributed by atoms with Crippen molar-refractivity contribution in [2.24, 2.45) is 5.41 Å². The average Bonchev–Trinajstić information content (AvgIpc) is 3.27.